The zero-order valence-electron chi connectivity index (χ0n) is 9.62. The number of hydrogen-bond acceptors (Lipinski definition) is 3. The lowest BCUT2D eigenvalue weighted by molar-refractivity contribution is -0.146. The number of nitrogens with one attached hydrogen (secondary N) is 1. The highest BCUT2D eigenvalue weighted by atomic mass is 16.4. The van der Waals surface area contributed by atoms with E-state index in [0.717, 1.165) is 0 Å². The van der Waals surface area contributed by atoms with Gasteiger partial charge in [-0.2, -0.15) is 0 Å². The smallest absolute Gasteiger partial charge is 0.337 e. The molecule has 0 saturated carbocycles. The van der Waals surface area contributed by atoms with Crippen molar-refractivity contribution in [2.45, 2.75) is 13.0 Å². The average molecular weight is 248 g/mol. The van der Waals surface area contributed by atoms with Gasteiger partial charge in [-0.3, -0.25) is 4.57 Å². The molecule has 1 aromatic carbocycles. The third-order valence-electron chi connectivity index (χ3n) is 2.64. The summed E-state index contributed by atoms with van der Waals surface area (Å²) in [4.78, 5) is 24.8. The lowest BCUT2D eigenvalue weighted by Gasteiger charge is -2.09. The van der Waals surface area contributed by atoms with Gasteiger partial charge in [0, 0.05) is 11.9 Å². The Morgan fingerprint density at radius 2 is 2.17 bits per heavy atom. The maximum absolute atomic E-state index is 11.6. The van der Waals surface area contributed by atoms with E-state index in [2.05, 4.69) is 4.98 Å². The van der Waals surface area contributed by atoms with Crippen LogP contribution in [0.4, 0.5) is 0 Å². The molecule has 2 rings (SSSR count). The topological polar surface area (TPSA) is 95.3 Å². The van der Waals surface area contributed by atoms with Crippen LogP contribution in [-0.4, -0.2) is 25.7 Å². The molecule has 18 heavy (non-hydrogen) atoms. The number of aromatic amines is 1. The molecule has 6 heteroatoms. The Labute approximate surface area is 102 Å². The highest BCUT2D eigenvalue weighted by molar-refractivity contribution is 5.74. The summed E-state index contributed by atoms with van der Waals surface area (Å²) < 4.78 is 1.40. The predicted molar refractivity (Wildman–Crippen MR) is 63.7 cm³/mol. The van der Waals surface area contributed by atoms with Crippen LogP contribution < -0.4 is 5.69 Å². The lowest BCUT2D eigenvalue weighted by atomic mass is 10.1. The van der Waals surface area contributed by atoms with Gasteiger partial charge in [0.2, 0.25) is 0 Å². The summed E-state index contributed by atoms with van der Waals surface area (Å²) in [5.41, 5.74) is 1.13. The van der Waals surface area contributed by atoms with Crippen LogP contribution in [0.2, 0.25) is 0 Å². The molecule has 3 N–H and O–H groups in total. The molecule has 0 aliphatic rings. The summed E-state index contributed by atoms with van der Waals surface area (Å²) in [6.07, 6.45) is -0.0391. The molecule has 1 atom stereocenters. The van der Waals surface area contributed by atoms with Crippen LogP contribution in [0.3, 0.4) is 0 Å². The first-order valence-corrected chi connectivity index (χ1v) is 5.29. The Bertz CT molecular complexity index is 642. The first-order chi connectivity index (χ1) is 8.50. The minimum atomic E-state index is -1.60. The van der Waals surface area contributed by atoms with Crippen molar-refractivity contribution in [2.24, 2.45) is 0 Å². The summed E-state index contributed by atoms with van der Waals surface area (Å²) in [6, 6.07) is 6.23. The fourth-order valence-electron chi connectivity index (χ4n) is 1.75. The monoisotopic (exact) mass is 248 g/mol. The molecule has 1 aromatic heterocycles. The number of carbonyl (C=O) groups is 1. The summed E-state index contributed by atoms with van der Waals surface area (Å²) in [6.45, 7) is 1.75. The zero-order chi connectivity index (χ0) is 13.3. The summed E-state index contributed by atoms with van der Waals surface area (Å²) >= 11 is 0. The number of aromatic nitrogens is 2. The van der Waals surface area contributed by atoms with Crippen molar-refractivity contribution in [3.05, 3.63) is 52.2 Å². The fourth-order valence-corrected chi connectivity index (χ4v) is 1.75. The molecule has 0 radical (unpaired) electrons. The van der Waals surface area contributed by atoms with E-state index in [1.165, 1.54) is 16.7 Å². The number of H-pyrrole nitrogens is 1. The second kappa shape index (κ2) is 4.50. The van der Waals surface area contributed by atoms with Crippen LogP contribution in [0.15, 0.2) is 35.3 Å². The Morgan fingerprint density at radius 3 is 2.72 bits per heavy atom. The first-order valence-electron chi connectivity index (χ1n) is 5.29. The van der Waals surface area contributed by atoms with E-state index in [1.54, 1.807) is 25.3 Å². The number of imidazole rings is 1. The maximum atomic E-state index is 11.6. The van der Waals surface area contributed by atoms with E-state index < -0.39 is 12.1 Å². The van der Waals surface area contributed by atoms with Gasteiger partial charge in [-0.15, -0.1) is 0 Å². The summed E-state index contributed by atoms with van der Waals surface area (Å²) in [5, 5.41) is 18.2. The van der Waals surface area contributed by atoms with Gasteiger partial charge in [0.1, 0.15) is 0 Å². The minimum absolute atomic E-state index is 0.229. The Kier molecular flexibility index (Phi) is 3.03. The van der Waals surface area contributed by atoms with E-state index in [0.29, 0.717) is 11.4 Å². The van der Waals surface area contributed by atoms with Crippen molar-refractivity contribution in [3.8, 4) is 5.69 Å². The van der Waals surface area contributed by atoms with Crippen molar-refractivity contribution in [1.82, 2.24) is 9.55 Å². The van der Waals surface area contributed by atoms with Crippen molar-refractivity contribution in [2.75, 3.05) is 0 Å². The van der Waals surface area contributed by atoms with Crippen LogP contribution in [0, 0.1) is 6.92 Å². The van der Waals surface area contributed by atoms with Crippen molar-refractivity contribution < 1.29 is 15.0 Å². The van der Waals surface area contributed by atoms with Crippen molar-refractivity contribution in [1.29, 1.82) is 0 Å². The number of hydrogen-bond donors (Lipinski definition) is 3. The van der Waals surface area contributed by atoms with Crippen molar-refractivity contribution >= 4 is 5.97 Å². The molecule has 0 bridgehead atoms. The van der Waals surface area contributed by atoms with Gasteiger partial charge in [0.15, 0.2) is 6.10 Å². The molecular weight excluding hydrogens is 236 g/mol. The van der Waals surface area contributed by atoms with Gasteiger partial charge in [-0.25, -0.2) is 9.59 Å². The number of rotatable bonds is 3. The molecule has 0 fully saturated rings. The van der Waals surface area contributed by atoms with E-state index in [9.17, 15) is 14.7 Å². The highest BCUT2D eigenvalue weighted by Gasteiger charge is 2.16. The molecule has 6 nitrogen and oxygen atoms in total. The van der Waals surface area contributed by atoms with Gasteiger partial charge in [0.25, 0.3) is 0 Å². The van der Waals surface area contributed by atoms with Crippen LogP contribution in [0.5, 0.6) is 0 Å². The molecule has 1 heterocycles. The van der Waals surface area contributed by atoms with Gasteiger partial charge < -0.3 is 15.2 Å². The molecule has 2 aromatic rings. The normalized spacial score (nSPS) is 12.3. The molecule has 94 valence electrons. The number of carboxylic acid groups (broad SMARTS) is 1. The summed E-state index contributed by atoms with van der Waals surface area (Å²) in [5.74, 6) is -1.33. The summed E-state index contributed by atoms with van der Waals surface area (Å²) in [7, 11) is 0. The second-order valence-corrected chi connectivity index (χ2v) is 3.91. The van der Waals surface area contributed by atoms with Gasteiger partial charge in [-0.1, -0.05) is 12.1 Å². The number of aliphatic carboxylic acids is 1. The SMILES string of the molecule is Cc1c[nH]c(=O)n1-c1cccc(C(O)C(=O)O)c1. The lowest BCUT2D eigenvalue weighted by Crippen LogP contribution is -2.17. The van der Waals surface area contributed by atoms with Crippen LogP contribution in [0.1, 0.15) is 17.4 Å². The van der Waals surface area contributed by atoms with Crippen LogP contribution >= 0.6 is 0 Å². The van der Waals surface area contributed by atoms with E-state index in [-0.39, 0.29) is 11.3 Å². The Hall–Kier alpha value is -2.34. The number of aliphatic hydroxyl groups is 1. The number of aliphatic hydroxyl groups excluding tert-OH is 1. The predicted octanol–water partition coefficient (Wildman–Crippen LogP) is 0.592. The quantitative estimate of drug-likeness (QED) is 0.740. The van der Waals surface area contributed by atoms with Gasteiger partial charge in [0.05, 0.1) is 5.69 Å². The molecule has 0 spiro atoms. The van der Waals surface area contributed by atoms with E-state index in [1.807, 2.05) is 0 Å². The van der Waals surface area contributed by atoms with Gasteiger partial charge in [-0.05, 0) is 24.6 Å². The first kappa shape index (κ1) is 12.1. The van der Waals surface area contributed by atoms with Crippen LogP contribution in [0.25, 0.3) is 5.69 Å². The maximum Gasteiger partial charge on any atom is 0.337 e. The molecule has 0 amide bonds. The second-order valence-electron chi connectivity index (χ2n) is 3.91. The third-order valence-corrected chi connectivity index (χ3v) is 2.64. The zero-order valence-corrected chi connectivity index (χ0v) is 9.62. The molecule has 0 saturated heterocycles. The Morgan fingerprint density at radius 1 is 1.44 bits per heavy atom. The number of benzene rings is 1. The number of carboxylic acids is 1. The minimum Gasteiger partial charge on any atom is -0.479 e. The standard InChI is InChI=1S/C12H12N2O4/c1-7-6-13-12(18)14(7)9-4-2-3-8(5-9)10(15)11(16)17/h2-6,10,15H,1H3,(H,13,18)(H,16,17). The molecule has 1 unspecified atom stereocenters. The third kappa shape index (κ3) is 2.05. The number of nitrogens with zero attached hydrogens (tertiary/aromatic N) is 1. The van der Waals surface area contributed by atoms with E-state index >= 15 is 0 Å². The number of aryl methyl sites for hydroxylation is 1. The highest BCUT2D eigenvalue weighted by Crippen LogP contribution is 2.17. The van der Waals surface area contributed by atoms with Gasteiger partial charge >= 0.3 is 11.7 Å². The van der Waals surface area contributed by atoms with Crippen molar-refractivity contribution in [3.63, 3.8) is 0 Å². The molecule has 0 aliphatic carbocycles. The van der Waals surface area contributed by atoms with E-state index in [4.69, 9.17) is 5.11 Å². The Balaban J connectivity index is 2.52. The average Bonchev–Trinajstić information content (AvgIpc) is 2.68. The van der Waals surface area contributed by atoms with Crippen LogP contribution in [-0.2, 0) is 4.79 Å². The molecular formula is C12H12N2O4. The molecule has 0 aliphatic heterocycles. The fraction of sp³-hybridized carbons (Fsp3) is 0.167. The largest absolute Gasteiger partial charge is 0.479 e.